The highest BCUT2D eigenvalue weighted by Gasteiger charge is 2.24. The zero-order chi connectivity index (χ0) is 16.8. The number of likely N-dealkylation sites (tertiary alicyclic amines) is 1. The fourth-order valence-electron chi connectivity index (χ4n) is 3.92. The van der Waals surface area contributed by atoms with Crippen LogP contribution < -0.4 is 10.1 Å². The quantitative estimate of drug-likeness (QED) is 0.832. The van der Waals surface area contributed by atoms with Crippen molar-refractivity contribution in [3.8, 4) is 5.75 Å². The van der Waals surface area contributed by atoms with E-state index in [1.807, 2.05) is 4.90 Å². The number of carbonyl (C=O) groups excluding carboxylic acids is 1. The molecular formula is C20H30N2O2. The maximum atomic E-state index is 12.3. The van der Waals surface area contributed by atoms with Gasteiger partial charge in [-0.2, -0.15) is 0 Å². The summed E-state index contributed by atoms with van der Waals surface area (Å²) >= 11 is 0. The molecule has 132 valence electrons. The number of rotatable bonds is 5. The predicted octanol–water partition coefficient (Wildman–Crippen LogP) is 3.92. The Kier molecular flexibility index (Phi) is 6.00. The van der Waals surface area contributed by atoms with E-state index in [9.17, 15) is 4.79 Å². The predicted molar refractivity (Wildman–Crippen MR) is 96.6 cm³/mol. The first-order chi connectivity index (χ1) is 11.8. The summed E-state index contributed by atoms with van der Waals surface area (Å²) in [6, 6.07) is 6.90. The van der Waals surface area contributed by atoms with Crippen molar-refractivity contribution in [2.75, 3.05) is 19.7 Å². The van der Waals surface area contributed by atoms with Crippen LogP contribution in [-0.2, 0) is 12.8 Å². The molecule has 1 heterocycles. The summed E-state index contributed by atoms with van der Waals surface area (Å²) in [5.74, 6) is 0.925. The summed E-state index contributed by atoms with van der Waals surface area (Å²) in [6.07, 6.45) is 9.47. The van der Waals surface area contributed by atoms with Gasteiger partial charge in [0.05, 0.1) is 6.54 Å². The molecule has 4 nitrogen and oxygen atoms in total. The molecule has 1 atom stereocenters. The number of ether oxygens (including phenoxy) is 1. The monoisotopic (exact) mass is 330 g/mol. The standard InChI is InChI=1S/C20H30N2O2/c1-2-18-9-5-6-13-22(18)20(23)21-12-14-24-19-11-10-16-7-3-4-8-17(16)15-19/h10-11,15,18H,2-9,12-14H2,1H3,(H,21,23). The van der Waals surface area contributed by atoms with Crippen molar-refractivity contribution in [3.05, 3.63) is 29.3 Å². The Morgan fingerprint density at radius 1 is 1.21 bits per heavy atom. The van der Waals surface area contributed by atoms with Crippen molar-refractivity contribution in [3.63, 3.8) is 0 Å². The van der Waals surface area contributed by atoms with Gasteiger partial charge in [-0.25, -0.2) is 4.79 Å². The second-order valence-electron chi connectivity index (χ2n) is 6.97. The number of hydrogen-bond donors (Lipinski definition) is 1. The maximum absolute atomic E-state index is 12.3. The third-order valence-corrected chi connectivity index (χ3v) is 5.33. The van der Waals surface area contributed by atoms with Gasteiger partial charge in [-0.05, 0) is 74.6 Å². The molecule has 1 saturated heterocycles. The van der Waals surface area contributed by atoms with Crippen LogP contribution in [0.2, 0.25) is 0 Å². The number of aryl methyl sites for hydroxylation is 2. The lowest BCUT2D eigenvalue weighted by molar-refractivity contribution is 0.147. The van der Waals surface area contributed by atoms with Crippen LogP contribution in [0.25, 0.3) is 0 Å². The van der Waals surface area contributed by atoms with Crippen molar-refractivity contribution < 1.29 is 9.53 Å². The second kappa shape index (κ2) is 8.41. The highest BCUT2D eigenvalue weighted by Crippen LogP contribution is 2.25. The highest BCUT2D eigenvalue weighted by molar-refractivity contribution is 5.74. The minimum atomic E-state index is 0.0654. The minimum Gasteiger partial charge on any atom is -0.492 e. The molecule has 0 spiro atoms. The lowest BCUT2D eigenvalue weighted by Crippen LogP contribution is -2.49. The van der Waals surface area contributed by atoms with Crippen molar-refractivity contribution in [1.29, 1.82) is 0 Å². The maximum Gasteiger partial charge on any atom is 0.317 e. The number of carbonyl (C=O) groups is 1. The normalized spacial score (nSPS) is 20.4. The average molecular weight is 330 g/mol. The SMILES string of the molecule is CCC1CCCCN1C(=O)NCCOc1ccc2c(c1)CCCC2. The Morgan fingerprint density at radius 2 is 2.04 bits per heavy atom. The molecule has 0 saturated carbocycles. The van der Waals surface area contributed by atoms with Gasteiger partial charge in [-0.1, -0.05) is 13.0 Å². The van der Waals surface area contributed by atoms with Crippen molar-refractivity contribution >= 4 is 6.03 Å². The molecule has 24 heavy (non-hydrogen) atoms. The number of nitrogens with one attached hydrogen (secondary N) is 1. The first-order valence-electron chi connectivity index (χ1n) is 9.57. The molecule has 0 bridgehead atoms. The lowest BCUT2D eigenvalue weighted by atomic mass is 9.92. The molecule has 1 unspecified atom stereocenters. The second-order valence-corrected chi connectivity index (χ2v) is 6.97. The van der Waals surface area contributed by atoms with E-state index in [-0.39, 0.29) is 6.03 Å². The Bertz CT molecular complexity index is 559. The minimum absolute atomic E-state index is 0.0654. The number of hydrogen-bond acceptors (Lipinski definition) is 2. The molecule has 1 aromatic rings. The molecular weight excluding hydrogens is 300 g/mol. The molecule has 1 aliphatic heterocycles. The van der Waals surface area contributed by atoms with Crippen molar-refractivity contribution in [2.45, 2.75) is 64.3 Å². The number of piperidine rings is 1. The number of fused-ring (bicyclic) bond motifs is 1. The zero-order valence-electron chi connectivity index (χ0n) is 14.9. The van der Waals surface area contributed by atoms with Gasteiger partial charge in [0.15, 0.2) is 0 Å². The fraction of sp³-hybridized carbons (Fsp3) is 0.650. The topological polar surface area (TPSA) is 41.6 Å². The average Bonchev–Trinajstić information content (AvgIpc) is 2.65. The smallest absolute Gasteiger partial charge is 0.317 e. The van der Waals surface area contributed by atoms with Crippen LogP contribution in [0.1, 0.15) is 56.6 Å². The molecule has 2 amide bonds. The third kappa shape index (κ3) is 4.22. The molecule has 3 rings (SSSR count). The Balaban J connectivity index is 1.42. The number of urea groups is 1. The summed E-state index contributed by atoms with van der Waals surface area (Å²) < 4.78 is 5.83. The molecule has 1 fully saturated rings. The third-order valence-electron chi connectivity index (χ3n) is 5.33. The van der Waals surface area contributed by atoms with Gasteiger partial charge in [0.1, 0.15) is 12.4 Å². The lowest BCUT2D eigenvalue weighted by Gasteiger charge is -2.35. The molecule has 1 aromatic carbocycles. The van der Waals surface area contributed by atoms with E-state index < -0.39 is 0 Å². The van der Waals surface area contributed by atoms with Crippen LogP contribution in [0.4, 0.5) is 4.79 Å². The summed E-state index contributed by atoms with van der Waals surface area (Å²) in [5.41, 5.74) is 2.90. The van der Waals surface area contributed by atoms with E-state index >= 15 is 0 Å². The first-order valence-corrected chi connectivity index (χ1v) is 9.57. The van der Waals surface area contributed by atoms with Crippen LogP contribution in [0.15, 0.2) is 18.2 Å². The molecule has 0 radical (unpaired) electrons. The fourth-order valence-corrected chi connectivity index (χ4v) is 3.92. The van der Waals surface area contributed by atoms with E-state index in [0.717, 1.165) is 38.0 Å². The van der Waals surface area contributed by atoms with Crippen molar-refractivity contribution in [1.82, 2.24) is 10.2 Å². The van der Waals surface area contributed by atoms with E-state index in [2.05, 4.69) is 30.4 Å². The van der Waals surface area contributed by atoms with Crippen LogP contribution in [0.5, 0.6) is 5.75 Å². The van der Waals surface area contributed by atoms with Crippen LogP contribution in [-0.4, -0.2) is 36.7 Å². The summed E-state index contributed by atoms with van der Waals surface area (Å²) in [4.78, 5) is 14.3. The van der Waals surface area contributed by atoms with E-state index in [4.69, 9.17) is 4.74 Å². The van der Waals surface area contributed by atoms with Gasteiger partial charge in [0, 0.05) is 12.6 Å². The van der Waals surface area contributed by atoms with Crippen LogP contribution in [0, 0.1) is 0 Å². The molecule has 1 N–H and O–H groups in total. The molecule has 1 aliphatic carbocycles. The van der Waals surface area contributed by atoms with Crippen LogP contribution in [0.3, 0.4) is 0 Å². The zero-order valence-corrected chi connectivity index (χ0v) is 14.9. The van der Waals surface area contributed by atoms with Crippen molar-refractivity contribution in [2.24, 2.45) is 0 Å². The summed E-state index contributed by atoms with van der Waals surface area (Å²) in [7, 11) is 0. The van der Waals surface area contributed by atoms with Gasteiger partial charge in [0.2, 0.25) is 0 Å². The summed E-state index contributed by atoms with van der Waals surface area (Å²) in [6.45, 7) is 4.13. The first kappa shape index (κ1) is 17.1. The number of nitrogens with zero attached hydrogens (tertiary/aromatic N) is 1. The van der Waals surface area contributed by atoms with Gasteiger partial charge < -0.3 is 15.0 Å². The Hall–Kier alpha value is -1.71. The van der Waals surface area contributed by atoms with E-state index in [0.29, 0.717) is 19.2 Å². The molecule has 2 aliphatic rings. The largest absolute Gasteiger partial charge is 0.492 e. The van der Waals surface area contributed by atoms with Crippen LogP contribution >= 0.6 is 0 Å². The van der Waals surface area contributed by atoms with Gasteiger partial charge >= 0.3 is 6.03 Å². The van der Waals surface area contributed by atoms with E-state index in [1.165, 1.54) is 36.8 Å². The highest BCUT2D eigenvalue weighted by atomic mass is 16.5. The molecule has 0 aromatic heterocycles. The summed E-state index contributed by atoms with van der Waals surface area (Å²) in [5, 5.41) is 3.01. The Morgan fingerprint density at radius 3 is 2.88 bits per heavy atom. The van der Waals surface area contributed by atoms with E-state index in [1.54, 1.807) is 0 Å². The Labute approximate surface area is 145 Å². The number of amides is 2. The number of benzene rings is 1. The van der Waals surface area contributed by atoms with Gasteiger partial charge in [0.25, 0.3) is 0 Å². The van der Waals surface area contributed by atoms with Gasteiger partial charge in [-0.3, -0.25) is 0 Å². The van der Waals surface area contributed by atoms with Gasteiger partial charge in [-0.15, -0.1) is 0 Å². The molecule has 4 heteroatoms.